The number of aromatic nitrogens is 4. The Kier molecular flexibility index (Phi) is 3.09. The predicted molar refractivity (Wildman–Crippen MR) is 72.1 cm³/mol. The van der Waals surface area contributed by atoms with Crippen molar-refractivity contribution in [3.8, 4) is 10.4 Å². The monoisotopic (exact) mass is 278 g/mol. The molecule has 0 saturated heterocycles. The van der Waals surface area contributed by atoms with Crippen LogP contribution in [0, 0.1) is 6.92 Å². The van der Waals surface area contributed by atoms with Crippen molar-refractivity contribution in [1.82, 2.24) is 19.4 Å². The van der Waals surface area contributed by atoms with Crippen LogP contribution in [0.15, 0.2) is 24.8 Å². The number of thiazole rings is 1. The molecule has 0 spiro atoms. The maximum Gasteiger partial charge on any atom is 0.122 e. The third-order valence-corrected chi connectivity index (χ3v) is 4.16. The van der Waals surface area contributed by atoms with Gasteiger partial charge in [-0.05, 0) is 6.92 Å². The average Bonchev–Trinajstić information content (AvgIpc) is 3.07. The van der Waals surface area contributed by atoms with Gasteiger partial charge in [0.2, 0.25) is 0 Å². The molecular formula is C12H14N4O2S. The van der Waals surface area contributed by atoms with Crippen molar-refractivity contribution in [2.45, 2.75) is 19.6 Å². The minimum atomic E-state index is -0.782. The summed E-state index contributed by atoms with van der Waals surface area (Å²) in [7, 11) is 0. The number of aryl methyl sites for hydroxylation is 1. The van der Waals surface area contributed by atoms with E-state index in [0.717, 1.165) is 20.8 Å². The zero-order valence-corrected chi connectivity index (χ0v) is 11.2. The van der Waals surface area contributed by atoms with E-state index >= 15 is 0 Å². The van der Waals surface area contributed by atoms with Crippen LogP contribution in [0.5, 0.6) is 0 Å². The summed E-state index contributed by atoms with van der Waals surface area (Å²) in [5.41, 5.74) is 2.14. The average molecular weight is 278 g/mol. The maximum absolute atomic E-state index is 9.39. The molecular weight excluding hydrogens is 264 g/mol. The van der Waals surface area contributed by atoms with Crippen molar-refractivity contribution in [3.63, 3.8) is 0 Å². The van der Waals surface area contributed by atoms with Crippen molar-refractivity contribution >= 4 is 16.2 Å². The minimum Gasteiger partial charge on any atom is -0.394 e. The van der Waals surface area contributed by atoms with Gasteiger partial charge in [0, 0.05) is 23.5 Å². The highest BCUT2D eigenvalue weighted by atomic mass is 32.1. The Balaban J connectivity index is 1.89. The summed E-state index contributed by atoms with van der Waals surface area (Å²) in [4.78, 5) is 2.20. The summed E-state index contributed by atoms with van der Waals surface area (Å²) >= 11 is 1.66. The van der Waals surface area contributed by atoms with Gasteiger partial charge in [-0.15, -0.1) is 11.3 Å². The molecule has 7 heteroatoms. The highest BCUT2D eigenvalue weighted by Crippen LogP contribution is 2.29. The van der Waals surface area contributed by atoms with Gasteiger partial charge < -0.3 is 10.2 Å². The Hall–Kier alpha value is -1.70. The summed E-state index contributed by atoms with van der Waals surface area (Å²) in [5, 5.41) is 26.6. The summed E-state index contributed by atoms with van der Waals surface area (Å²) in [6.07, 6.45) is 6.65. The van der Waals surface area contributed by atoms with Gasteiger partial charge in [-0.1, -0.05) is 0 Å². The molecule has 0 aliphatic heterocycles. The molecule has 0 bridgehead atoms. The van der Waals surface area contributed by atoms with E-state index in [1.807, 2.05) is 30.0 Å². The number of aliphatic hydroxyl groups excluding tert-OH is 2. The Morgan fingerprint density at radius 3 is 2.89 bits per heavy atom. The van der Waals surface area contributed by atoms with Crippen LogP contribution in [0.4, 0.5) is 0 Å². The van der Waals surface area contributed by atoms with Crippen LogP contribution >= 0.6 is 11.3 Å². The van der Waals surface area contributed by atoms with E-state index in [1.165, 1.54) is 0 Å². The molecule has 1 unspecified atom stereocenters. The van der Waals surface area contributed by atoms with E-state index < -0.39 is 6.10 Å². The lowest BCUT2D eigenvalue weighted by molar-refractivity contribution is 0.0783. The second kappa shape index (κ2) is 4.76. The van der Waals surface area contributed by atoms with Crippen LogP contribution in [0.25, 0.3) is 15.3 Å². The zero-order valence-electron chi connectivity index (χ0n) is 10.4. The molecule has 2 N–H and O–H groups in total. The van der Waals surface area contributed by atoms with Gasteiger partial charge >= 0.3 is 0 Å². The first-order chi connectivity index (χ1) is 9.17. The first-order valence-corrected chi connectivity index (χ1v) is 6.74. The lowest BCUT2D eigenvalue weighted by Gasteiger charge is -2.05. The summed E-state index contributed by atoms with van der Waals surface area (Å²) in [6.45, 7) is 2.06. The third kappa shape index (κ3) is 2.27. The minimum absolute atomic E-state index is 0.263. The summed E-state index contributed by atoms with van der Waals surface area (Å²) in [5.74, 6) is 0. The lowest BCUT2D eigenvalue weighted by Crippen LogP contribution is -2.19. The molecule has 3 aromatic rings. The van der Waals surface area contributed by atoms with Gasteiger partial charge in [-0.2, -0.15) is 10.2 Å². The Labute approximate surface area is 113 Å². The standard InChI is InChI=1S/C12H14N4O2S/c1-8-2-14-16-6-11(19-12(8)16)9-3-13-15(4-9)5-10(18)7-17/h2-4,6,10,17-18H,5,7H2,1H3. The van der Waals surface area contributed by atoms with Crippen molar-refractivity contribution < 1.29 is 10.2 Å². The number of hydrogen-bond donors (Lipinski definition) is 2. The molecule has 0 aromatic carbocycles. The van der Waals surface area contributed by atoms with Crippen LogP contribution in [0.1, 0.15) is 5.56 Å². The van der Waals surface area contributed by atoms with Gasteiger partial charge in [-0.25, -0.2) is 4.52 Å². The number of rotatable bonds is 4. The highest BCUT2D eigenvalue weighted by molar-refractivity contribution is 7.20. The first-order valence-electron chi connectivity index (χ1n) is 5.93. The quantitative estimate of drug-likeness (QED) is 0.744. The van der Waals surface area contributed by atoms with Crippen LogP contribution < -0.4 is 0 Å². The normalized spacial score (nSPS) is 13.2. The highest BCUT2D eigenvalue weighted by Gasteiger charge is 2.10. The van der Waals surface area contributed by atoms with Crippen molar-refractivity contribution in [2.24, 2.45) is 0 Å². The van der Waals surface area contributed by atoms with Gasteiger partial charge in [0.1, 0.15) is 4.83 Å². The fraction of sp³-hybridized carbons (Fsp3) is 0.333. The summed E-state index contributed by atoms with van der Waals surface area (Å²) in [6, 6.07) is 0. The molecule has 0 radical (unpaired) electrons. The first kappa shape index (κ1) is 12.3. The zero-order chi connectivity index (χ0) is 13.4. The van der Waals surface area contributed by atoms with Crippen molar-refractivity contribution in [1.29, 1.82) is 0 Å². The molecule has 0 aliphatic carbocycles. The number of hydrogen-bond acceptors (Lipinski definition) is 5. The largest absolute Gasteiger partial charge is 0.394 e. The predicted octanol–water partition coefficient (Wildman–Crippen LogP) is 0.921. The van der Waals surface area contributed by atoms with Crippen LogP contribution in [-0.2, 0) is 6.54 Å². The van der Waals surface area contributed by atoms with E-state index in [-0.39, 0.29) is 13.2 Å². The molecule has 19 heavy (non-hydrogen) atoms. The lowest BCUT2D eigenvalue weighted by atomic mass is 10.3. The van der Waals surface area contributed by atoms with Crippen molar-refractivity contribution in [2.75, 3.05) is 6.61 Å². The van der Waals surface area contributed by atoms with Gasteiger partial charge in [0.15, 0.2) is 0 Å². The second-order valence-electron chi connectivity index (χ2n) is 4.46. The second-order valence-corrected chi connectivity index (χ2v) is 5.49. The molecule has 0 fully saturated rings. The van der Waals surface area contributed by atoms with Crippen molar-refractivity contribution in [3.05, 3.63) is 30.4 Å². The number of nitrogens with zero attached hydrogens (tertiary/aromatic N) is 4. The third-order valence-electron chi connectivity index (χ3n) is 2.89. The van der Waals surface area contributed by atoms with Crippen LogP contribution in [-0.4, -0.2) is 42.3 Å². The number of fused-ring (bicyclic) bond motifs is 1. The van der Waals surface area contributed by atoms with Gasteiger partial charge in [-0.3, -0.25) is 4.68 Å². The molecule has 0 aliphatic rings. The SMILES string of the molecule is Cc1cnn2cc(-c3cnn(CC(O)CO)c3)sc12. The molecule has 3 aromatic heterocycles. The molecule has 0 amide bonds. The Morgan fingerprint density at radius 1 is 1.32 bits per heavy atom. The molecule has 100 valence electrons. The topological polar surface area (TPSA) is 75.6 Å². The fourth-order valence-electron chi connectivity index (χ4n) is 1.90. The summed E-state index contributed by atoms with van der Waals surface area (Å²) < 4.78 is 3.49. The van der Waals surface area contributed by atoms with E-state index in [9.17, 15) is 5.11 Å². The molecule has 6 nitrogen and oxygen atoms in total. The fourth-order valence-corrected chi connectivity index (χ4v) is 2.89. The van der Waals surface area contributed by atoms with Gasteiger partial charge in [0.25, 0.3) is 0 Å². The van der Waals surface area contributed by atoms with E-state index in [4.69, 9.17) is 5.11 Å². The molecule has 3 rings (SSSR count). The number of aliphatic hydroxyl groups is 2. The maximum atomic E-state index is 9.39. The van der Waals surface area contributed by atoms with E-state index in [0.29, 0.717) is 0 Å². The van der Waals surface area contributed by atoms with E-state index in [2.05, 4.69) is 10.2 Å². The van der Waals surface area contributed by atoms with Crippen LogP contribution in [0.3, 0.4) is 0 Å². The van der Waals surface area contributed by atoms with Gasteiger partial charge in [0.05, 0.1) is 36.5 Å². The Bertz CT molecular complexity index is 700. The molecule has 3 heterocycles. The van der Waals surface area contributed by atoms with Crippen LogP contribution in [0.2, 0.25) is 0 Å². The molecule has 0 saturated carbocycles. The van der Waals surface area contributed by atoms with E-state index in [1.54, 1.807) is 22.2 Å². The smallest absolute Gasteiger partial charge is 0.122 e. The molecule has 1 atom stereocenters. The Morgan fingerprint density at radius 2 is 2.16 bits per heavy atom.